The molecule has 2 fully saturated rings. The smallest absolute Gasteiger partial charge is 0.158 e. The number of nitrogens with zero attached hydrogens (tertiary/aromatic N) is 2. The molecule has 6 heteroatoms. The fourth-order valence-electron chi connectivity index (χ4n) is 3.94. The minimum absolute atomic E-state index is 0. The summed E-state index contributed by atoms with van der Waals surface area (Å²) in [5.41, 5.74) is 5.54. The zero-order valence-electron chi connectivity index (χ0n) is 16.1. The Morgan fingerprint density at radius 2 is 2.07 bits per heavy atom. The number of β-amino-alcohol motifs (C(OH)–C–C–N with tert-alkyl or cyclic N) is 1. The van der Waals surface area contributed by atoms with Gasteiger partial charge in [-0.05, 0) is 68.9 Å². The zero-order chi connectivity index (χ0) is 18.1. The summed E-state index contributed by atoms with van der Waals surface area (Å²) in [6, 6.07) is 6.49. The molecule has 1 aromatic heterocycles. The number of fused-ring (bicyclic) bond motifs is 1. The van der Waals surface area contributed by atoms with Gasteiger partial charge >= 0.3 is 0 Å². The lowest BCUT2D eigenvalue weighted by Gasteiger charge is -2.24. The van der Waals surface area contributed by atoms with Gasteiger partial charge in [0, 0.05) is 36.5 Å². The first-order chi connectivity index (χ1) is 12.6. The van der Waals surface area contributed by atoms with Crippen molar-refractivity contribution in [2.45, 2.75) is 58.5 Å². The van der Waals surface area contributed by atoms with E-state index in [9.17, 15) is 5.11 Å². The van der Waals surface area contributed by atoms with Crippen LogP contribution in [0.15, 0.2) is 18.2 Å². The molecule has 0 amide bonds. The monoisotopic (exact) mass is 392 g/mol. The van der Waals surface area contributed by atoms with Gasteiger partial charge in [0.15, 0.2) is 6.29 Å². The second-order valence-electron chi connectivity index (χ2n) is 7.57. The molecule has 0 radical (unpaired) electrons. The van der Waals surface area contributed by atoms with Crippen LogP contribution in [0.2, 0.25) is 0 Å². The molecule has 0 aliphatic carbocycles. The van der Waals surface area contributed by atoms with Crippen molar-refractivity contribution in [3.05, 3.63) is 35.0 Å². The van der Waals surface area contributed by atoms with E-state index in [2.05, 4.69) is 30.0 Å². The van der Waals surface area contributed by atoms with Gasteiger partial charge in [-0.3, -0.25) is 4.98 Å². The molecule has 0 spiro atoms. The summed E-state index contributed by atoms with van der Waals surface area (Å²) in [7, 11) is 0. The zero-order valence-corrected chi connectivity index (χ0v) is 16.9. The van der Waals surface area contributed by atoms with E-state index in [1.54, 1.807) is 0 Å². The van der Waals surface area contributed by atoms with E-state index in [0.29, 0.717) is 13.2 Å². The Kier molecular flexibility index (Phi) is 6.58. The van der Waals surface area contributed by atoms with Crippen LogP contribution in [0.1, 0.15) is 42.5 Å². The molecule has 3 heterocycles. The SMILES string of the molecule is Cc1cc(N2CCC(O)C2)c2cc(C)c(CO[C@H]3CCCCO3)cc2n1.Cl. The highest BCUT2D eigenvalue weighted by Crippen LogP contribution is 2.32. The Morgan fingerprint density at radius 1 is 1.22 bits per heavy atom. The van der Waals surface area contributed by atoms with Crippen molar-refractivity contribution < 1.29 is 14.6 Å². The Balaban J connectivity index is 0.00000210. The van der Waals surface area contributed by atoms with Crippen LogP contribution in [0.25, 0.3) is 10.9 Å². The van der Waals surface area contributed by atoms with Crippen LogP contribution in [0, 0.1) is 13.8 Å². The Hall–Kier alpha value is -1.40. The van der Waals surface area contributed by atoms with Gasteiger partial charge in [-0.1, -0.05) is 0 Å². The van der Waals surface area contributed by atoms with Gasteiger partial charge in [0.05, 0.1) is 18.2 Å². The third-order valence-corrected chi connectivity index (χ3v) is 5.44. The van der Waals surface area contributed by atoms with Crippen LogP contribution in [0.4, 0.5) is 5.69 Å². The lowest BCUT2D eigenvalue weighted by molar-refractivity contribution is -0.169. The van der Waals surface area contributed by atoms with Crippen molar-refractivity contribution in [3.8, 4) is 0 Å². The summed E-state index contributed by atoms with van der Waals surface area (Å²) < 4.78 is 11.7. The number of hydrogen-bond acceptors (Lipinski definition) is 5. The number of aliphatic hydroxyl groups excluding tert-OH is 1. The molecule has 0 bridgehead atoms. The average molecular weight is 393 g/mol. The van der Waals surface area contributed by atoms with Gasteiger partial charge in [-0.2, -0.15) is 0 Å². The molecule has 27 heavy (non-hydrogen) atoms. The molecule has 148 valence electrons. The van der Waals surface area contributed by atoms with Gasteiger partial charge in [-0.15, -0.1) is 12.4 Å². The number of halogens is 1. The van der Waals surface area contributed by atoms with Crippen LogP contribution in [0.5, 0.6) is 0 Å². The topological polar surface area (TPSA) is 54.8 Å². The van der Waals surface area contributed by atoms with Crippen LogP contribution in [0.3, 0.4) is 0 Å². The number of rotatable bonds is 4. The van der Waals surface area contributed by atoms with E-state index >= 15 is 0 Å². The maximum Gasteiger partial charge on any atom is 0.158 e. The molecule has 4 rings (SSSR count). The third-order valence-electron chi connectivity index (χ3n) is 5.44. The first-order valence-corrected chi connectivity index (χ1v) is 9.67. The van der Waals surface area contributed by atoms with Gasteiger partial charge in [0.1, 0.15) is 0 Å². The summed E-state index contributed by atoms with van der Waals surface area (Å²) in [6.07, 6.45) is 3.80. The standard InChI is InChI=1S/C21H28N2O3.ClH/c1-14-9-18-19(11-16(14)13-26-21-5-3-4-8-25-21)22-15(2)10-20(18)23-7-6-17(24)12-23;/h9-11,17,21,24H,3-8,12-13H2,1-2H3;1H/t17?,21-;/m0./s1. The van der Waals surface area contributed by atoms with E-state index in [4.69, 9.17) is 14.5 Å². The van der Waals surface area contributed by atoms with Crippen LogP contribution in [-0.4, -0.2) is 42.2 Å². The van der Waals surface area contributed by atoms with Gasteiger partial charge in [-0.25, -0.2) is 0 Å². The van der Waals surface area contributed by atoms with Gasteiger partial charge in [0.25, 0.3) is 0 Å². The van der Waals surface area contributed by atoms with Crippen LogP contribution in [-0.2, 0) is 16.1 Å². The third kappa shape index (κ3) is 4.54. The largest absolute Gasteiger partial charge is 0.391 e. The molecule has 1 unspecified atom stereocenters. The summed E-state index contributed by atoms with van der Waals surface area (Å²) in [5, 5.41) is 11.1. The first kappa shape index (κ1) is 20.3. The highest BCUT2D eigenvalue weighted by atomic mass is 35.5. The Labute approximate surface area is 167 Å². The summed E-state index contributed by atoms with van der Waals surface area (Å²) in [4.78, 5) is 7.02. The molecule has 2 aliphatic heterocycles. The average Bonchev–Trinajstić information content (AvgIpc) is 3.07. The Bertz CT molecular complexity index is 793. The number of aryl methyl sites for hydroxylation is 2. The molecule has 2 saturated heterocycles. The maximum absolute atomic E-state index is 9.91. The van der Waals surface area contributed by atoms with Crippen molar-refractivity contribution in [1.29, 1.82) is 0 Å². The van der Waals surface area contributed by atoms with E-state index in [1.165, 1.54) is 17.7 Å². The number of ether oxygens (including phenoxy) is 2. The molecule has 5 nitrogen and oxygen atoms in total. The minimum atomic E-state index is -0.234. The molecule has 2 aromatic rings. The van der Waals surface area contributed by atoms with Crippen molar-refractivity contribution in [2.75, 3.05) is 24.6 Å². The number of hydrogen-bond donors (Lipinski definition) is 1. The summed E-state index contributed by atoms with van der Waals surface area (Å²) >= 11 is 0. The van der Waals surface area contributed by atoms with E-state index in [1.807, 2.05) is 6.92 Å². The predicted molar refractivity (Wildman–Crippen MR) is 110 cm³/mol. The molecule has 0 saturated carbocycles. The highest BCUT2D eigenvalue weighted by Gasteiger charge is 2.23. The van der Waals surface area contributed by atoms with Gasteiger partial charge < -0.3 is 19.5 Å². The second-order valence-corrected chi connectivity index (χ2v) is 7.57. The van der Waals surface area contributed by atoms with Crippen LogP contribution < -0.4 is 4.90 Å². The van der Waals surface area contributed by atoms with E-state index < -0.39 is 0 Å². The van der Waals surface area contributed by atoms with E-state index in [0.717, 1.165) is 54.6 Å². The lowest BCUT2D eigenvalue weighted by Crippen LogP contribution is -2.22. The van der Waals surface area contributed by atoms with Crippen molar-refractivity contribution >= 4 is 29.0 Å². The van der Waals surface area contributed by atoms with Crippen LogP contribution >= 0.6 is 12.4 Å². The fourth-order valence-corrected chi connectivity index (χ4v) is 3.94. The van der Waals surface area contributed by atoms with Crippen molar-refractivity contribution in [1.82, 2.24) is 4.98 Å². The maximum atomic E-state index is 9.91. The number of aliphatic hydroxyl groups is 1. The predicted octanol–water partition coefficient (Wildman–Crippen LogP) is 3.89. The quantitative estimate of drug-likeness (QED) is 0.855. The lowest BCUT2D eigenvalue weighted by atomic mass is 10.0. The normalized spacial score (nSPS) is 22.9. The molecular formula is C21H29ClN2O3. The fraction of sp³-hybridized carbons (Fsp3) is 0.571. The highest BCUT2D eigenvalue weighted by molar-refractivity contribution is 5.93. The number of aromatic nitrogens is 1. The molecular weight excluding hydrogens is 364 g/mol. The van der Waals surface area contributed by atoms with Crippen molar-refractivity contribution in [3.63, 3.8) is 0 Å². The first-order valence-electron chi connectivity index (χ1n) is 9.67. The Morgan fingerprint density at radius 3 is 2.78 bits per heavy atom. The number of benzene rings is 1. The minimum Gasteiger partial charge on any atom is -0.391 e. The summed E-state index contributed by atoms with van der Waals surface area (Å²) in [5.74, 6) is 0. The number of anilines is 1. The van der Waals surface area contributed by atoms with Crippen molar-refractivity contribution in [2.24, 2.45) is 0 Å². The summed E-state index contributed by atoms with van der Waals surface area (Å²) in [6.45, 7) is 7.10. The molecule has 2 atom stereocenters. The van der Waals surface area contributed by atoms with E-state index in [-0.39, 0.29) is 24.8 Å². The molecule has 1 aromatic carbocycles. The number of pyridine rings is 1. The molecule has 2 aliphatic rings. The molecule has 1 N–H and O–H groups in total. The second kappa shape index (κ2) is 8.74. The van der Waals surface area contributed by atoms with Gasteiger partial charge in [0.2, 0.25) is 0 Å².